The molecule has 2 aromatic heterocycles. The number of thiazole rings is 1. The van der Waals surface area contributed by atoms with Gasteiger partial charge < -0.3 is 14.8 Å². The fourth-order valence-electron chi connectivity index (χ4n) is 2.50. The normalized spacial score (nSPS) is 12.2. The van der Waals surface area contributed by atoms with E-state index in [-0.39, 0.29) is 17.1 Å². The molecule has 0 aliphatic heterocycles. The summed E-state index contributed by atoms with van der Waals surface area (Å²) in [5.41, 5.74) is -0.00601. The van der Waals surface area contributed by atoms with Crippen LogP contribution in [0.1, 0.15) is 51.8 Å². The molecule has 0 saturated heterocycles. The average Bonchev–Trinajstić information content (AvgIpc) is 3.29. The summed E-state index contributed by atoms with van der Waals surface area (Å²) in [6, 6.07) is 6.66. The van der Waals surface area contributed by atoms with Crippen LogP contribution in [0.3, 0.4) is 0 Å². The molecule has 0 saturated carbocycles. The first-order valence-corrected chi connectivity index (χ1v) is 11.0. The lowest BCUT2D eigenvalue weighted by molar-refractivity contribution is -0.120. The minimum atomic E-state index is -0.756. The van der Waals surface area contributed by atoms with Gasteiger partial charge in [0.25, 0.3) is 0 Å². The van der Waals surface area contributed by atoms with Crippen molar-refractivity contribution in [1.82, 2.24) is 9.97 Å². The Bertz CT molecular complexity index is 985. The summed E-state index contributed by atoms with van der Waals surface area (Å²) in [6.07, 6.45) is 3.52. The minimum Gasteiger partial charge on any atom is -0.508 e. The predicted molar refractivity (Wildman–Crippen MR) is 117 cm³/mol. The number of aromatic hydroxyl groups is 1. The number of aromatic nitrogens is 2. The van der Waals surface area contributed by atoms with E-state index in [9.17, 15) is 9.90 Å². The minimum absolute atomic E-state index is 0.0673. The molecule has 1 aromatic carbocycles. The number of nitrogens with zero attached hydrogens (tertiary/aromatic N) is 2. The van der Waals surface area contributed by atoms with Crippen molar-refractivity contribution in [3.63, 3.8) is 0 Å². The van der Waals surface area contributed by atoms with Gasteiger partial charge in [-0.2, -0.15) is 0 Å². The van der Waals surface area contributed by atoms with E-state index in [1.165, 1.54) is 11.3 Å². The summed E-state index contributed by atoms with van der Waals surface area (Å²) in [7, 11) is 0. The fraction of sp³-hybridized carbons (Fsp3) is 0.381. The van der Waals surface area contributed by atoms with Crippen LogP contribution in [0.15, 0.2) is 45.3 Å². The van der Waals surface area contributed by atoms with Crippen LogP contribution < -0.4 is 5.32 Å². The Kier molecular flexibility index (Phi) is 6.05. The molecule has 8 heteroatoms. The second-order valence-corrected chi connectivity index (χ2v) is 10.6. The summed E-state index contributed by atoms with van der Waals surface area (Å²) in [5.74, 6) is 2.16. The molecule has 0 unspecified atom stereocenters. The van der Waals surface area contributed by atoms with Crippen molar-refractivity contribution < 1.29 is 14.3 Å². The van der Waals surface area contributed by atoms with Crippen LogP contribution in [-0.4, -0.2) is 21.0 Å². The Labute approximate surface area is 178 Å². The first-order chi connectivity index (χ1) is 13.6. The van der Waals surface area contributed by atoms with Gasteiger partial charge in [0, 0.05) is 5.41 Å². The lowest BCUT2D eigenvalue weighted by Crippen LogP contribution is -2.34. The number of carbonyl (C=O) groups excluding carboxylic acids is 1. The zero-order valence-corrected chi connectivity index (χ0v) is 18.8. The van der Waals surface area contributed by atoms with Crippen molar-refractivity contribution in [3.8, 4) is 5.75 Å². The summed E-state index contributed by atoms with van der Waals surface area (Å²) < 4.78 is 6.78. The van der Waals surface area contributed by atoms with E-state index in [0.29, 0.717) is 16.8 Å². The SMILES string of the molecule is CC(C)(C)c1cnc(CSc2cnc(NC(=O)C(C)(C)c3ccc(O)cc3)s2)o1. The molecule has 29 heavy (non-hydrogen) atoms. The van der Waals surface area contributed by atoms with Gasteiger partial charge in [0.15, 0.2) is 5.13 Å². The topological polar surface area (TPSA) is 88.2 Å². The highest BCUT2D eigenvalue weighted by molar-refractivity contribution is 8.00. The third kappa shape index (κ3) is 5.19. The van der Waals surface area contributed by atoms with E-state index in [2.05, 4.69) is 36.1 Å². The third-order valence-corrected chi connectivity index (χ3v) is 6.58. The van der Waals surface area contributed by atoms with Gasteiger partial charge in [0.2, 0.25) is 11.8 Å². The highest BCUT2D eigenvalue weighted by Gasteiger charge is 2.30. The largest absolute Gasteiger partial charge is 0.508 e. The van der Waals surface area contributed by atoms with Gasteiger partial charge >= 0.3 is 0 Å². The average molecular weight is 432 g/mol. The molecule has 154 valence electrons. The number of hydrogen-bond donors (Lipinski definition) is 2. The molecule has 3 aromatic rings. The summed E-state index contributed by atoms with van der Waals surface area (Å²) >= 11 is 2.99. The number of phenols is 1. The molecule has 0 bridgehead atoms. The number of anilines is 1. The maximum Gasteiger partial charge on any atom is 0.236 e. The molecule has 2 N–H and O–H groups in total. The lowest BCUT2D eigenvalue weighted by atomic mass is 9.84. The molecule has 6 nitrogen and oxygen atoms in total. The monoisotopic (exact) mass is 431 g/mol. The molecular weight excluding hydrogens is 406 g/mol. The van der Waals surface area contributed by atoms with Crippen molar-refractivity contribution in [1.29, 1.82) is 0 Å². The molecule has 0 radical (unpaired) electrons. The van der Waals surface area contributed by atoms with Crippen molar-refractivity contribution in [3.05, 3.63) is 53.9 Å². The first-order valence-electron chi connectivity index (χ1n) is 9.20. The predicted octanol–water partition coefficient (Wildman–Crippen LogP) is 5.34. The Morgan fingerprint density at radius 2 is 1.83 bits per heavy atom. The van der Waals surface area contributed by atoms with E-state index in [1.54, 1.807) is 48.4 Å². The number of carbonyl (C=O) groups is 1. The molecule has 0 atom stereocenters. The number of thioether (sulfide) groups is 1. The van der Waals surface area contributed by atoms with E-state index >= 15 is 0 Å². The zero-order valence-electron chi connectivity index (χ0n) is 17.1. The second-order valence-electron chi connectivity index (χ2n) is 8.27. The van der Waals surface area contributed by atoms with E-state index in [0.717, 1.165) is 15.5 Å². The number of benzene rings is 1. The number of nitrogens with one attached hydrogen (secondary N) is 1. The van der Waals surface area contributed by atoms with Crippen LogP contribution >= 0.6 is 23.1 Å². The molecule has 0 spiro atoms. The Morgan fingerprint density at radius 3 is 2.45 bits per heavy atom. The van der Waals surface area contributed by atoms with Gasteiger partial charge in [-0.25, -0.2) is 9.97 Å². The number of oxazole rings is 1. The van der Waals surface area contributed by atoms with Crippen LogP contribution in [0.4, 0.5) is 5.13 Å². The van der Waals surface area contributed by atoms with Gasteiger partial charge in [-0.15, -0.1) is 11.8 Å². The highest BCUT2D eigenvalue weighted by atomic mass is 32.2. The summed E-state index contributed by atoms with van der Waals surface area (Å²) in [5, 5.41) is 12.9. The van der Waals surface area contributed by atoms with Gasteiger partial charge in [0.05, 0.1) is 27.8 Å². The Hall–Kier alpha value is -2.32. The van der Waals surface area contributed by atoms with E-state index in [1.807, 2.05) is 13.8 Å². The van der Waals surface area contributed by atoms with E-state index in [4.69, 9.17) is 4.42 Å². The molecule has 0 aliphatic rings. The number of rotatable bonds is 6. The van der Waals surface area contributed by atoms with Crippen LogP contribution in [0.5, 0.6) is 5.75 Å². The quantitative estimate of drug-likeness (QED) is 0.512. The fourth-order valence-corrected chi connectivity index (χ4v) is 4.22. The van der Waals surface area contributed by atoms with Crippen molar-refractivity contribution in [2.24, 2.45) is 0 Å². The molecule has 0 aliphatic carbocycles. The van der Waals surface area contributed by atoms with Gasteiger partial charge in [0.1, 0.15) is 11.5 Å². The van der Waals surface area contributed by atoms with Crippen LogP contribution in [0, 0.1) is 0 Å². The maximum atomic E-state index is 12.8. The zero-order chi connectivity index (χ0) is 21.2. The summed E-state index contributed by atoms with van der Waals surface area (Å²) in [4.78, 5) is 21.4. The number of phenolic OH excluding ortho intramolecular Hbond substituents is 1. The van der Waals surface area contributed by atoms with Crippen LogP contribution in [-0.2, 0) is 21.4 Å². The first kappa shape index (κ1) is 21.4. The second kappa shape index (κ2) is 8.20. The van der Waals surface area contributed by atoms with E-state index < -0.39 is 5.41 Å². The van der Waals surface area contributed by atoms with Gasteiger partial charge in [-0.3, -0.25) is 4.79 Å². The van der Waals surface area contributed by atoms with Gasteiger partial charge in [-0.05, 0) is 31.5 Å². The van der Waals surface area contributed by atoms with Crippen molar-refractivity contribution in [2.75, 3.05) is 5.32 Å². The van der Waals surface area contributed by atoms with Gasteiger partial charge in [-0.1, -0.05) is 44.2 Å². The Morgan fingerprint density at radius 1 is 1.14 bits per heavy atom. The molecular formula is C21H25N3O3S2. The van der Waals surface area contributed by atoms with Crippen molar-refractivity contribution >= 4 is 34.1 Å². The highest BCUT2D eigenvalue weighted by Crippen LogP contribution is 2.33. The Balaban J connectivity index is 1.60. The number of hydrogen-bond acceptors (Lipinski definition) is 7. The standard InChI is InChI=1S/C21H25N3O3S2/c1-20(2,3)15-10-22-16(27-15)12-28-17-11-23-19(29-17)24-18(26)21(4,5)13-6-8-14(25)9-7-13/h6-11,25H,12H2,1-5H3,(H,23,24,26). The molecule has 3 rings (SSSR count). The smallest absolute Gasteiger partial charge is 0.236 e. The summed E-state index contributed by atoms with van der Waals surface area (Å²) in [6.45, 7) is 9.94. The van der Waals surface area contributed by atoms with Crippen molar-refractivity contribution in [2.45, 2.75) is 55.4 Å². The van der Waals surface area contributed by atoms with Crippen LogP contribution in [0.25, 0.3) is 0 Å². The third-order valence-electron chi connectivity index (χ3n) is 4.49. The molecule has 2 heterocycles. The molecule has 1 amide bonds. The lowest BCUT2D eigenvalue weighted by Gasteiger charge is -2.23. The maximum absolute atomic E-state index is 12.8. The molecule has 0 fully saturated rings. The van der Waals surface area contributed by atoms with Crippen LogP contribution in [0.2, 0.25) is 0 Å². The number of amides is 1.